The van der Waals surface area contributed by atoms with Gasteiger partial charge in [-0.3, -0.25) is 0 Å². The molecule has 2 nitrogen and oxygen atoms in total. The molecule has 142 valence electrons. The van der Waals surface area contributed by atoms with E-state index in [4.69, 9.17) is 4.74 Å². The molecule has 0 aliphatic rings. The van der Waals surface area contributed by atoms with E-state index in [1.807, 2.05) is 0 Å². The lowest BCUT2D eigenvalue weighted by molar-refractivity contribution is 0.0492. The Morgan fingerprint density at radius 3 is 1.88 bits per heavy atom. The summed E-state index contributed by atoms with van der Waals surface area (Å²) in [6.45, 7) is 2.52. The van der Waals surface area contributed by atoms with Gasteiger partial charge < -0.3 is 4.74 Å². The SMILES string of the molecule is CCCCCCCCCCCCCCOC(=O)c1ccc(F)cc1F. The van der Waals surface area contributed by atoms with Gasteiger partial charge in [-0.25, -0.2) is 13.6 Å². The van der Waals surface area contributed by atoms with Crippen molar-refractivity contribution in [2.24, 2.45) is 0 Å². The van der Waals surface area contributed by atoms with Crippen LogP contribution in [0.15, 0.2) is 18.2 Å². The number of hydrogen-bond donors (Lipinski definition) is 0. The summed E-state index contributed by atoms with van der Waals surface area (Å²) in [6, 6.07) is 2.87. The van der Waals surface area contributed by atoms with Crippen LogP contribution in [0.5, 0.6) is 0 Å². The van der Waals surface area contributed by atoms with Gasteiger partial charge in [-0.1, -0.05) is 77.6 Å². The standard InChI is InChI=1S/C21H32F2O2/c1-2-3-4-5-6-7-8-9-10-11-12-13-16-25-21(24)19-15-14-18(22)17-20(19)23/h14-15,17H,2-13,16H2,1H3. The molecule has 0 radical (unpaired) electrons. The van der Waals surface area contributed by atoms with Crippen molar-refractivity contribution in [2.45, 2.75) is 84.0 Å². The summed E-state index contributed by atoms with van der Waals surface area (Å²) in [5, 5.41) is 0. The smallest absolute Gasteiger partial charge is 0.341 e. The van der Waals surface area contributed by atoms with Gasteiger partial charge in [-0.15, -0.1) is 0 Å². The van der Waals surface area contributed by atoms with Crippen molar-refractivity contribution < 1.29 is 18.3 Å². The third-order valence-corrected chi connectivity index (χ3v) is 4.38. The van der Waals surface area contributed by atoms with Crippen molar-refractivity contribution in [3.05, 3.63) is 35.4 Å². The molecule has 1 aromatic rings. The third-order valence-electron chi connectivity index (χ3n) is 4.38. The van der Waals surface area contributed by atoms with E-state index in [1.54, 1.807) is 0 Å². The summed E-state index contributed by atoms with van der Waals surface area (Å²) in [5.41, 5.74) is -0.208. The molecule has 0 unspecified atom stereocenters. The second-order valence-electron chi connectivity index (χ2n) is 6.65. The Hall–Kier alpha value is -1.45. The molecule has 0 bridgehead atoms. The molecule has 25 heavy (non-hydrogen) atoms. The van der Waals surface area contributed by atoms with E-state index in [0.717, 1.165) is 31.4 Å². The largest absolute Gasteiger partial charge is 0.462 e. The summed E-state index contributed by atoms with van der Waals surface area (Å²) in [5.74, 6) is -2.30. The van der Waals surface area contributed by atoms with Crippen molar-refractivity contribution in [3.8, 4) is 0 Å². The minimum Gasteiger partial charge on any atom is -0.462 e. The van der Waals surface area contributed by atoms with E-state index >= 15 is 0 Å². The van der Waals surface area contributed by atoms with E-state index in [1.165, 1.54) is 57.8 Å². The molecule has 0 spiro atoms. The molecular formula is C21H32F2O2. The molecule has 0 atom stereocenters. The van der Waals surface area contributed by atoms with Crippen LogP contribution >= 0.6 is 0 Å². The first-order chi connectivity index (χ1) is 12.1. The van der Waals surface area contributed by atoms with Crippen LogP contribution in [0, 0.1) is 11.6 Å². The molecule has 0 heterocycles. The van der Waals surface area contributed by atoms with Crippen molar-refractivity contribution in [1.82, 2.24) is 0 Å². The summed E-state index contributed by atoms with van der Waals surface area (Å²) in [6.07, 6.45) is 14.8. The number of rotatable bonds is 14. The normalized spacial score (nSPS) is 10.8. The Bertz CT molecular complexity index is 489. The Labute approximate surface area is 151 Å². The fourth-order valence-electron chi connectivity index (χ4n) is 2.84. The van der Waals surface area contributed by atoms with E-state index in [2.05, 4.69) is 6.92 Å². The number of ether oxygens (including phenoxy) is 1. The third kappa shape index (κ3) is 10.2. The Morgan fingerprint density at radius 2 is 1.36 bits per heavy atom. The van der Waals surface area contributed by atoms with E-state index in [9.17, 15) is 13.6 Å². The van der Waals surface area contributed by atoms with Crippen LogP contribution in [0.25, 0.3) is 0 Å². The maximum atomic E-state index is 13.4. The Balaban J connectivity index is 1.94. The number of benzene rings is 1. The van der Waals surface area contributed by atoms with Gasteiger partial charge in [0.1, 0.15) is 11.6 Å². The van der Waals surface area contributed by atoms with Gasteiger partial charge in [0, 0.05) is 6.07 Å². The van der Waals surface area contributed by atoms with Crippen LogP contribution in [0.3, 0.4) is 0 Å². The quantitative estimate of drug-likeness (QED) is 0.270. The van der Waals surface area contributed by atoms with Crippen LogP contribution in [0.1, 0.15) is 94.3 Å². The second-order valence-corrected chi connectivity index (χ2v) is 6.65. The fraction of sp³-hybridized carbons (Fsp3) is 0.667. The molecule has 0 aliphatic heterocycles. The van der Waals surface area contributed by atoms with Gasteiger partial charge in [0.2, 0.25) is 0 Å². The van der Waals surface area contributed by atoms with Gasteiger partial charge in [-0.2, -0.15) is 0 Å². The van der Waals surface area contributed by atoms with Gasteiger partial charge in [-0.05, 0) is 18.6 Å². The van der Waals surface area contributed by atoms with Gasteiger partial charge in [0.15, 0.2) is 0 Å². The summed E-state index contributed by atoms with van der Waals surface area (Å²) < 4.78 is 31.3. The molecule has 4 heteroatoms. The molecule has 0 amide bonds. The highest BCUT2D eigenvalue weighted by Crippen LogP contribution is 2.13. The summed E-state index contributed by atoms with van der Waals surface area (Å²) >= 11 is 0. The molecule has 0 fully saturated rings. The van der Waals surface area contributed by atoms with E-state index in [0.29, 0.717) is 6.07 Å². The summed E-state index contributed by atoms with van der Waals surface area (Å²) in [4.78, 5) is 11.7. The maximum Gasteiger partial charge on any atom is 0.341 e. The van der Waals surface area contributed by atoms with Crippen LogP contribution in [-0.4, -0.2) is 12.6 Å². The van der Waals surface area contributed by atoms with Crippen LogP contribution in [0.2, 0.25) is 0 Å². The summed E-state index contributed by atoms with van der Waals surface area (Å²) in [7, 11) is 0. The number of unbranched alkanes of at least 4 members (excludes halogenated alkanes) is 11. The van der Waals surface area contributed by atoms with Gasteiger partial charge in [0.25, 0.3) is 0 Å². The highest BCUT2D eigenvalue weighted by atomic mass is 19.1. The zero-order valence-corrected chi connectivity index (χ0v) is 15.5. The average Bonchev–Trinajstić information content (AvgIpc) is 2.58. The van der Waals surface area contributed by atoms with Crippen LogP contribution in [-0.2, 0) is 4.74 Å². The molecule has 1 rings (SSSR count). The second kappa shape index (κ2) is 13.8. The fourth-order valence-corrected chi connectivity index (χ4v) is 2.84. The lowest BCUT2D eigenvalue weighted by Gasteiger charge is -2.06. The molecule has 0 aromatic heterocycles. The monoisotopic (exact) mass is 354 g/mol. The molecule has 0 saturated carbocycles. The topological polar surface area (TPSA) is 26.3 Å². The predicted octanol–water partition coefficient (Wildman–Crippen LogP) is 6.82. The maximum absolute atomic E-state index is 13.4. The first kappa shape index (κ1) is 21.6. The Morgan fingerprint density at radius 1 is 0.840 bits per heavy atom. The van der Waals surface area contributed by atoms with Crippen molar-refractivity contribution in [2.75, 3.05) is 6.61 Å². The Kier molecular flexibility index (Phi) is 11.9. The molecular weight excluding hydrogens is 322 g/mol. The highest BCUT2D eigenvalue weighted by molar-refractivity contribution is 5.89. The molecule has 0 aliphatic carbocycles. The van der Waals surface area contributed by atoms with Crippen LogP contribution < -0.4 is 0 Å². The van der Waals surface area contributed by atoms with Crippen molar-refractivity contribution in [3.63, 3.8) is 0 Å². The number of carbonyl (C=O) groups is 1. The zero-order valence-electron chi connectivity index (χ0n) is 15.5. The van der Waals surface area contributed by atoms with Crippen molar-refractivity contribution >= 4 is 5.97 Å². The first-order valence-corrected chi connectivity index (χ1v) is 9.77. The van der Waals surface area contributed by atoms with Gasteiger partial charge in [0.05, 0.1) is 12.2 Å². The highest BCUT2D eigenvalue weighted by Gasteiger charge is 2.13. The lowest BCUT2D eigenvalue weighted by atomic mass is 10.1. The predicted molar refractivity (Wildman–Crippen MR) is 97.7 cm³/mol. The molecule has 0 N–H and O–H groups in total. The minimum absolute atomic E-state index is 0.208. The number of hydrogen-bond acceptors (Lipinski definition) is 2. The van der Waals surface area contributed by atoms with Gasteiger partial charge >= 0.3 is 5.97 Å². The number of halogens is 2. The molecule has 0 saturated heterocycles. The number of carbonyl (C=O) groups excluding carboxylic acids is 1. The van der Waals surface area contributed by atoms with E-state index < -0.39 is 17.6 Å². The zero-order chi connectivity index (χ0) is 18.3. The lowest BCUT2D eigenvalue weighted by Crippen LogP contribution is -2.08. The van der Waals surface area contributed by atoms with Crippen molar-refractivity contribution in [1.29, 1.82) is 0 Å². The number of esters is 1. The first-order valence-electron chi connectivity index (χ1n) is 9.77. The average molecular weight is 354 g/mol. The molecule has 1 aromatic carbocycles. The van der Waals surface area contributed by atoms with Crippen LogP contribution in [0.4, 0.5) is 8.78 Å². The minimum atomic E-state index is -0.875. The van der Waals surface area contributed by atoms with E-state index in [-0.39, 0.29) is 12.2 Å².